The number of amides is 1. The number of halogens is 7. The maximum atomic E-state index is 15.5. The van der Waals surface area contributed by atoms with E-state index in [4.69, 9.17) is 21.3 Å². The van der Waals surface area contributed by atoms with Crippen LogP contribution in [0.3, 0.4) is 0 Å². The lowest BCUT2D eigenvalue weighted by Gasteiger charge is -2.37. The second-order valence-corrected chi connectivity index (χ2v) is 18.4. The molecular weight excluding hydrogens is 864 g/mol. The van der Waals surface area contributed by atoms with Gasteiger partial charge in [-0.1, -0.05) is 17.7 Å². The standard InChI is InChI=1S/C41H40ClF6N9O4S/c1-54-36-31(7-6-28(42)34(36)39(52-54)53-62(3,59)60)56-18-21-4-5-24(55-10-8-25(61-2)9-11-55)16-29(21)50-40(56)30(14-20-12-22(43)15-23(44)13-20)49-32(58)19-57-37-33(35(51-57)38(45)46)26-17-27(26)41(37,47)48/h4-7,12-13,15-16,25-27,30,38H,8-11,14,17-19H2,1-3H3,(H,49,58)(H,52,53)/t26-,27+,30-/m0/s1. The zero-order chi connectivity index (χ0) is 44.0. The molecule has 4 heterocycles. The fourth-order valence-corrected chi connectivity index (χ4v) is 9.93. The van der Waals surface area contributed by atoms with Crippen LogP contribution in [0.25, 0.3) is 10.9 Å². The van der Waals surface area contributed by atoms with E-state index in [2.05, 4.69) is 25.1 Å². The van der Waals surface area contributed by atoms with Gasteiger partial charge in [0.05, 0.1) is 52.2 Å². The van der Waals surface area contributed by atoms with Gasteiger partial charge in [-0.3, -0.25) is 18.9 Å². The quantitative estimate of drug-likeness (QED) is 0.124. The van der Waals surface area contributed by atoms with E-state index in [1.807, 2.05) is 18.2 Å². The molecule has 2 fully saturated rings. The van der Waals surface area contributed by atoms with E-state index < -0.39 is 75.7 Å². The highest BCUT2D eigenvalue weighted by molar-refractivity contribution is 7.92. The number of fused-ring (bicyclic) bond motifs is 5. The van der Waals surface area contributed by atoms with E-state index in [9.17, 15) is 30.8 Å². The maximum absolute atomic E-state index is 15.5. The van der Waals surface area contributed by atoms with Gasteiger partial charge in [-0.05, 0) is 72.7 Å². The van der Waals surface area contributed by atoms with Crippen LogP contribution < -0.4 is 19.8 Å². The number of hydrogen-bond acceptors (Lipinski definition) is 9. The molecule has 0 radical (unpaired) electrons. The highest BCUT2D eigenvalue weighted by Crippen LogP contribution is 2.68. The Morgan fingerprint density at radius 3 is 2.45 bits per heavy atom. The average molecular weight is 904 g/mol. The van der Waals surface area contributed by atoms with Crippen molar-refractivity contribution >= 4 is 67.1 Å². The Balaban J connectivity index is 1.17. The van der Waals surface area contributed by atoms with Crippen molar-refractivity contribution in [2.24, 2.45) is 18.0 Å². The molecule has 0 bridgehead atoms. The van der Waals surface area contributed by atoms with E-state index >= 15 is 8.78 Å². The summed E-state index contributed by atoms with van der Waals surface area (Å²) in [4.78, 5) is 23.2. The normalized spacial score (nSPS) is 20.0. The van der Waals surface area contributed by atoms with Crippen LogP contribution in [0, 0.1) is 17.6 Å². The minimum atomic E-state index is -3.83. The molecule has 2 N–H and O–H groups in total. The number of hydrogen-bond donors (Lipinski definition) is 2. The molecule has 0 unspecified atom stereocenters. The summed E-state index contributed by atoms with van der Waals surface area (Å²) in [7, 11) is -0.570. The molecule has 2 aromatic heterocycles. The number of rotatable bonds is 12. The number of aliphatic imine (C=N–C) groups is 1. The smallest absolute Gasteiger partial charge is 0.293 e. The lowest BCUT2D eigenvalue weighted by Crippen LogP contribution is -2.51. The van der Waals surface area contributed by atoms with Crippen molar-refractivity contribution in [2.45, 2.75) is 69.2 Å². The predicted molar refractivity (Wildman–Crippen MR) is 220 cm³/mol. The number of alkyl halides is 4. The van der Waals surface area contributed by atoms with Crippen molar-refractivity contribution in [1.82, 2.24) is 24.9 Å². The molecule has 4 aliphatic rings. The number of nitrogens with zero attached hydrogens (tertiary/aromatic N) is 7. The van der Waals surface area contributed by atoms with Gasteiger partial charge in [-0.2, -0.15) is 19.0 Å². The van der Waals surface area contributed by atoms with Crippen LogP contribution in [0.4, 0.5) is 49.2 Å². The molecule has 1 amide bonds. The summed E-state index contributed by atoms with van der Waals surface area (Å²) in [5, 5.41) is 11.4. The molecule has 21 heteroatoms. The highest BCUT2D eigenvalue weighted by Gasteiger charge is 2.67. The first-order valence-electron chi connectivity index (χ1n) is 19.8. The van der Waals surface area contributed by atoms with E-state index in [1.54, 1.807) is 25.1 Å². The molecule has 9 rings (SSSR count). The predicted octanol–water partition coefficient (Wildman–Crippen LogP) is 7.31. The Morgan fingerprint density at radius 2 is 1.77 bits per heavy atom. The molecule has 2 aliphatic carbocycles. The van der Waals surface area contributed by atoms with Crippen molar-refractivity contribution in [2.75, 3.05) is 41.0 Å². The van der Waals surface area contributed by atoms with Gasteiger partial charge < -0.3 is 19.9 Å². The minimum absolute atomic E-state index is 0.0363. The molecule has 13 nitrogen and oxygen atoms in total. The van der Waals surface area contributed by atoms with Gasteiger partial charge >= 0.3 is 0 Å². The number of ether oxygens (including phenoxy) is 1. The Hall–Kier alpha value is -5.34. The van der Waals surface area contributed by atoms with E-state index in [-0.39, 0.29) is 58.7 Å². The molecule has 3 atom stereocenters. The molecule has 2 aliphatic heterocycles. The summed E-state index contributed by atoms with van der Waals surface area (Å²) >= 11 is 6.69. The third kappa shape index (κ3) is 7.63. The van der Waals surface area contributed by atoms with Crippen LogP contribution in [0.5, 0.6) is 0 Å². The number of benzene rings is 3. The number of amidine groups is 1. The number of aromatic nitrogens is 4. The fourth-order valence-electron chi connectivity index (χ4n) is 9.19. The van der Waals surface area contributed by atoms with Gasteiger partial charge in [0.15, 0.2) is 5.82 Å². The fraction of sp³-hybridized carbons (Fsp3) is 0.415. The molecule has 3 aromatic carbocycles. The Kier molecular flexibility index (Phi) is 10.5. The van der Waals surface area contributed by atoms with Gasteiger partial charge in [0.2, 0.25) is 15.9 Å². The number of piperidine rings is 1. The Morgan fingerprint density at radius 1 is 1.05 bits per heavy atom. The van der Waals surface area contributed by atoms with Crippen LogP contribution in [-0.2, 0) is 52.0 Å². The Labute approximate surface area is 356 Å². The lowest BCUT2D eigenvalue weighted by atomic mass is 9.99. The molecule has 62 heavy (non-hydrogen) atoms. The zero-order valence-electron chi connectivity index (χ0n) is 33.5. The topological polar surface area (TPSA) is 139 Å². The zero-order valence-corrected chi connectivity index (χ0v) is 35.1. The monoisotopic (exact) mass is 903 g/mol. The SMILES string of the molecule is COC1CCN(c2ccc3c(c2)N=C([C@H](Cc2cc(F)cc(F)c2)NC(=O)Cn2nc(C(F)F)c4c2C(F)(F)[C@@H]2C[C@H]42)N(c2ccc(Cl)c4c(NS(C)(=O)=O)nn(C)c24)C3)CC1. The van der Waals surface area contributed by atoms with Gasteiger partial charge in [0, 0.05) is 56.9 Å². The third-order valence-electron chi connectivity index (χ3n) is 12.0. The first kappa shape index (κ1) is 42.0. The highest BCUT2D eigenvalue weighted by atomic mass is 35.5. The number of carbonyl (C=O) groups is 1. The number of sulfonamides is 1. The minimum Gasteiger partial charge on any atom is -0.381 e. The van der Waals surface area contributed by atoms with Crippen molar-refractivity contribution in [1.29, 1.82) is 0 Å². The lowest BCUT2D eigenvalue weighted by molar-refractivity contribution is -0.122. The van der Waals surface area contributed by atoms with Crippen molar-refractivity contribution < 1.29 is 44.3 Å². The van der Waals surface area contributed by atoms with Gasteiger partial charge in [-0.15, -0.1) is 0 Å². The van der Waals surface area contributed by atoms with Gasteiger partial charge in [0.25, 0.3) is 12.3 Å². The first-order chi connectivity index (χ1) is 29.4. The number of aryl methyl sites for hydroxylation is 1. The largest absolute Gasteiger partial charge is 0.381 e. The first-order valence-corrected chi connectivity index (χ1v) is 22.1. The maximum Gasteiger partial charge on any atom is 0.293 e. The van der Waals surface area contributed by atoms with Crippen LogP contribution in [0.15, 0.2) is 53.5 Å². The van der Waals surface area contributed by atoms with Crippen molar-refractivity contribution in [3.05, 3.63) is 93.3 Å². The number of nitrogens with one attached hydrogen (secondary N) is 2. The summed E-state index contributed by atoms with van der Waals surface area (Å²) in [5.41, 5.74) is 1.20. The van der Waals surface area contributed by atoms with Crippen LogP contribution in [0.1, 0.15) is 59.7 Å². The summed E-state index contributed by atoms with van der Waals surface area (Å²) in [6.45, 7) is 0.640. The summed E-state index contributed by atoms with van der Waals surface area (Å²) in [6, 6.07) is 10.5. The molecule has 5 aromatic rings. The van der Waals surface area contributed by atoms with E-state index in [0.717, 1.165) is 42.5 Å². The van der Waals surface area contributed by atoms with Crippen molar-refractivity contribution in [3.8, 4) is 0 Å². The van der Waals surface area contributed by atoms with Crippen LogP contribution >= 0.6 is 11.6 Å². The second-order valence-electron chi connectivity index (χ2n) is 16.2. The van der Waals surface area contributed by atoms with E-state index in [0.29, 0.717) is 40.7 Å². The average Bonchev–Trinajstić information content (AvgIpc) is 3.75. The molecular formula is C41H40ClF6N9O4S. The summed E-state index contributed by atoms with van der Waals surface area (Å²) in [6.07, 6.45) is -0.717. The molecule has 1 saturated heterocycles. The van der Waals surface area contributed by atoms with E-state index in [1.165, 1.54) is 10.7 Å². The summed E-state index contributed by atoms with van der Waals surface area (Å²) in [5.74, 6) is -8.06. The molecule has 328 valence electrons. The molecule has 1 saturated carbocycles. The van der Waals surface area contributed by atoms with Gasteiger partial charge in [0.1, 0.15) is 35.4 Å². The van der Waals surface area contributed by atoms with Crippen LogP contribution in [-0.4, -0.2) is 78.3 Å². The third-order valence-corrected chi connectivity index (χ3v) is 12.9. The van der Waals surface area contributed by atoms with Gasteiger partial charge in [-0.25, -0.2) is 31.0 Å². The number of anilines is 3. The second kappa shape index (κ2) is 15.5. The Bertz CT molecular complexity index is 2750. The summed E-state index contributed by atoms with van der Waals surface area (Å²) < 4.78 is 124. The number of methoxy groups -OCH3 is 1. The molecule has 0 spiro atoms. The van der Waals surface area contributed by atoms with Crippen molar-refractivity contribution in [3.63, 3.8) is 0 Å². The number of carbonyl (C=O) groups excluding carboxylic acids is 1. The van der Waals surface area contributed by atoms with Crippen LogP contribution in [0.2, 0.25) is 5.02 Å².